The summed E-state index contributed by atoms with van der Waals surface area (Å²) in [5, 5.41) is 1.44. The van der Waals surface area contributed by atoms with Crippen molar-refractivity contribution in [3.05, 3.63) is 94.5 Å². The van der Waals surface area contributed by atoms with Crippen molar-refractivity contribution >= 4 is 28.4 Å². The zero-order valence-electron chi connectivity index (χ0n) is 17.8. The Balaban J connectivity index is 1.31. The minimum Gasteiger partial charge on any atom is -0.365 e. The van der Waals surface area contributed by atoms with Crippen LogP contribution in [0.25, 0.3) is 16.7 Å². The van der Waals surface area contributed by atoms with E-state index in [0.717, 1.165) is 27.8 Å². The first-order valence-corrected chi connectivity index (χ1v) is 11.4. The van der Waals surface area contributed by atoms with Crippen molar-refractivity contribution in [1.82, 2.24) is 14.5 Å². The van der Waals surface area contributed by atoms with E-state index in [2.05, 4.69) is 4.98 Å². The Kier molecular flexibility index (Phi) is 4.75. The third-order valence-corrected chi connectivity index (χ3v) is 7.05. The van der Waals surface area contributed by atoms with Crippen LogP contribution in [0.4, 0.5) is 4.39 Å². The molecule has 0 atom stereocenters. The fourth-order valence-corrected chi connectivity index (χ4v) is 5.30. The van der Waals surface area contributed by atoms with Crippen molar-refractivity contribution < 1.29 is 13.9 Å². The summed E-state index contributed by atoms with van der Waals surface area (Å²) in [6, 6.07) is 16.1. The van der Waals surface area contributed by atoms with Gasteiger partial charge in [-0.3, -0.25) is 4.79 Å². The molecule has 0 aliphatic carbocycles. The largest absolute Gasteiger partial charge is 0.365 e. The number of amides is 1. The molecule has 1 saturated heterocycles. The number of fused-ring (bicyclic) bond motifs is 3. The zero-order valence-corrected chi connectivity index (χ0v) is 18.6. The van der Waals surface area contributed by atoms with Crippen molar-refractivity contribution in [2.75, 3.05) is 13.1 Å². The van der Waals surface area contributed by atoms with Gasteiger partial charge in [0.1, 0.15) is 11.6 Å². The lowest BCUT2D eigenvalue weighted by molar-refractivity contribution is -0.0741. The van der Waals surface area contributed by atoms with Crippen LogP contribution >= 0.6 is 11.6 Å². The summed E-state index contributed by atoms with van der Waals surface area (Å²) >= 11 is 6.27. The minimum atomic E-state index is -0.435. The lowest BCUT2D eigenvalue weighted by Gasteiger charge is -2.39. The predicted octanol–water partition coefficient (Wildman–Crippen LogP) is 5.48. The third kappa shape index (κ3) is 3.33. The number of piperidine rings is 1. The number of rotatable bonds is 2. The molecule has 0 saturated carbocycles. The molecule has 4 heterocycles. The van der Waals surface area contributed by atoms with Crippen LogP contribution in [0.3, 0.4) is 0 Å². The third-order valence-electron chi connectivity index (χ3n) is 6.81. The van der Waals surface area contributed by atoms with Crippen LogP contribution in [0, 0.1) is 5.82 Å². The summed E-state index contributed by atoms with van der Waals surface area (Å²) < 4.78 is 21.7. The van der Waals surface area contributed by atoms with E-state index in [1.54, 1.807) is 18.3 Å². The molecule has 0 bridgehead atoms. The Morgan fingerprint density at radius 2 is 1.94 bits per heavy atom. The molecule has 6 rings (SSSR count). The molecule has 2 aliphatic rings. The Labute approximate surface area is 195 Å². The van der Waals surface area contributed by atoms with Crippen LogP contribution in [0.15, 0.2) is 67.0 Å². The Morgan fingerprint density at radius 3 is 2.73 bits per heavy atom. The molecule has 5 nitrogen and oxygen atoms in total. The summed E-state index contributed by atoms with van der Waals surface area (Å²) in [6.45, 7) is 1.55. The Hall–Kier alpha value is -3.22. The molecule has 1 amide bonds. The van der Waals surface area contributed by atoms with Gasteiger partial charge in [0.05, 0.1) is 23.3 Å². The van der Waals surface area contributed by atoms with Gasteiger partial charge in [0.25, 0.3) is 5.91 Å². The summed E-state index contributed by atoms with van der Waals surface area (Å²) in [5.41, 5.74) is 2.99. The second-order valence-electron chi connectivity index (χ2n) is 8.64. The normalized spacial score (nSPS) is 17.0. The molecule has 33 heavy (non-hydrogen) atoms. The van der Waals surface area contributed by atoms with Gasteiger partial charge in [-0.2, -0.15) is 0 Å². The van der Waals surface area contributed by atoms with Gasteiger partial charge in [0, 0.05) is 35.9 Å². The highest BCUT2D eigenvalue weighted by molar-refractivity contribution is 6.31. The SMILES string of the molecule is O=C(c1cn(-c2ccccn2)c2cc(Cl)ccc12)N1CCC2(CC1)OCc1cc(F)ccc12. The van der Waals surface area contributed by atoms with Crippen molar-refractivity contribution in [2.24, 2.45) is 0 Å². The number of likely N-dealkylation sites (tertiary alicyclic amines) is 1. The van der Waals surface area contributed by atoms with Crippen molar-refractivity contribution in [2.45, 2.75) is 25.0 Å². The van der Waals surface area contributed by atoms with E-state index in [4.69, 9.17) is 16.3 Å². The van der Waals surface area contributed by atoms with E-state index in [1.807, 2.05) is 52.1 Å². The average Bonchev–Trinajstić information content (AvgIpc) is 3.38. The number of nitrogens with zero attached hydrogens (tertiary/aromatic N) is 3. The minimum absolute atomic E-state index is 0.0239. The summed E-state index contributed by atoms with van der Waals surface area (Å²) in [7, 11) is 0. The number of hydrogen-bond acceptors (Lipinski definition) is 3. The van der Waals surface area contributed by atoms with Crippen LogP contribution in [0.1, 0.15) is 34.3 Å². The second-order valence-corrected chi connectivity index (χ2v) is 9.08. The summed E-state index contributed by atoms with van der Waals surface area (Å²) in [4.78, 5) is 19.9. The molecule has 2 aromatic heterocycles. The standard InChI is InChI=1S/C26H21ClFN3O2/c27-18-4-6-20-21(15-31(23(20)14-18)24-3-1-2-10-29-24)25(32)30-11-8-26(9-12-30)22-7-5-19(28)13-17(22)16-33-26/h1-7,10,13-15H,8-9,11-12,16H2. The number of carbonyl (C=O) groups is 1. The first-order valence-electron chi connectivity index (χ1n) is 11.0. The number of benzene rings is 2. The maximum absolute atomic E-state index is 13.6. The number of halogens is 2. The van der Waals surface area contributed by atoms with Crippen LogP contribution in [0.5, 0.6) is 0 Å². The van der Waals surface area contributed by atoms with Crippen molar-refractivity contribution in [1.29, 1.82) is 0 Å². The van der Waals surface area contributed by atoms with E-state index >= 15 is 0 Å². The lowest BCUT2D eigenvalue weighted by atomic mass is 9.83. The summed E-state index contributed by atoms with van der Waals surface area (Å²) in [5.74, 6) is 0.459. The highest BCUT2D eigenvalue weighted by atomic mass is 35.5. The van der Waals surface area contributed by atoms with Gasteiger partial charge in [-0.25, -0.2) is 9.37 Å². The van der Waals surface area contributed by atoms with Crippen LogP contribution in [-0.2, 0) is 16.9 Å². The zero-order chi connectivity index (χ0) is 22.6. The molecule has 7 heteroatoms. The molecule has 1 spiro atoms. The number of ether oxygens (including phenoxy) is 1. The molecule has 4 aromatic rings. The van der Waals surface area contributed by atoms with Gasteiger partial charge < -0.3 is 14.2 Å². The summed E-state index contributed by atoms with van der Waals surface area (Å²) in [6.07, 6.45) is 4.94. The van der Waals surface area contributed by atoms with Gasteiger partial charge in [0.15, 0.2) is 0 Å². The van der Waals surface area contributed by atoms with E-state index in [-0.39, 0.29) is 11.7 Å². The first-order chi connectivity index (χ1) is 16.0. The Morgan fingerprint density at radius 1 is 1.09 bits per heavy atom. The van der Waals surface area contributed by atoms with Crippen LogP contribution < -0.4 is 0 Å². The quantitative estimate of drug-likeness (QED) is 0.397. The van der Waals surface area contributed by atoms with E-state index in [1.165, 1.54) is 6.07 Å². The van der Waals surface area contributed by atoms with Crippen LogP contribution in [0.2, 0.25) is 5.02 Å². The Bertz CT molecular complexity index is 1380. The predicted molar refractivity (Wildman–Crippen MR) is 124 cm³/mol. The molecule has 2 aromatic carbocycles. The molecule has 166 valence electrons. The van der Waals surface area contributed by atoms with Gasteiger partial charge in [-0.15, -0.1) is 0 Å². The maximum atomic E-state index is 13.6. The topological polar surface area (TPSA) is 47.4 Å². The van der Waals surface area contributed by atoms with Gasteiger partial charge in [-0.1, -0.05) is 29.8 Å². The molecule has 0 radical (unpaired) electrons. The lowest BCUT2D eigenvalue weighted by Crippen LogP contribution is -2.45. The average molecular weight is 462 g/mol. The van der Waals surface area contributed by atoms with Gasteiger partial charge >= 0.3 is 0 Å². The molecular weight excluding hydrogens is 441 g/mol. The molecule has 0 unspecified atom stereocenters. The van der Waals surface area contributed by atoms with E-state index < -0.39 is 5.60 Å². The molecular formula is C26H21ClFN3O2. The molecule has 1 fully saturated rings. The fourth-order valence-electron chi connectivity index (χ4n) is 5.13. The van der Waals surface area contributed by atoms with Crippen molar-refractivity contribution in [3.8, 4) is 5.82 Å². The van der Waals surface area contributed by atoms with E-state index in [0.29, 0.717) is 43.1 Å². The van der Waals surface area contributed by atoms with Gasteiger partial charge in [-0.05, 0) is 60.4 Å². The number of aromatic nitrogens is 2. The highest BCUT2D eigenvalue weighted by Crippen LogP contribution is 2.44. The number of pyridine rings is 1. The number of carbonyl (C=O) groups excluding carboxylic acids is 1. The second kappa shape index (κ2) is 7.68. The monoisotopic (exact) mass is 461 g/mol. The van der Waals surface area contributed by atoms with Gasteiger partial charge in [0.2, 0.25) is 0 Å². The van der Waals surface area contributed by atoms with Crippen LogP contribution in [-0.4, -0.2) is 33.4 Å². The first kappa shape index (κ1) is 20.4. The number of hydrogen-bond donors (Lipinski definition) is 0. The van der Waals surface area contributed by atoms with E-state index in [9.17, 15) is 9.18 Å². The molecule has 0 N–H and O–H groups in total. The highest BCUT2D eigenvalue weighted by Gasteiger charge is 2.43. The fraction of sp³-hybridized carbons (Fsp3) is 0.231. The molecule has 2 aliphatic heterocycles. The maximum Gasteiger partial charge on any atom is 0.256 e. The van der Waals surface area contributed by atoms with Crippen molar-refractivity contribution in [3.63, 3.8) is 0 Å². The smallest absolute Gasteiger partial charge is 0.256 e.